The smallest absolute Gasteiger partial charge is 0.0269 e. The molecular formula is C11H22. The van der Waals surface area contributed by atoms with Gasteiger partial charge < -0.3 is 0 Å². The summed E-state index contributed by atoms with van der Waals surface area (Å²) < 4.78 is 0. The molecule has 0 aromatic carbocycles. The van der Waals surface area contributed by atoms with Crippen molar-refractivity contribution in [2.75, 3.05) is 0 Å². The van der Waals surface area contributed by atoms with Crippen LogP contribution in [0, 0.1) is 17.3 Å². The molecule has 0 heteroatoms. The monoisotopic (exact) mass is 154 g/mol. The van der Waals surface area contributed by atoms with Crippen molar-refractivity contribution in [1.82, 2.24) is 0 Å². The molecule has 3 atom stereocenters. The SMILES string of the molecule is CCCC1CC1(C)C(C)CC. The maximum atomic E-state index is 2.47. The Hall–Kier alpha value is 0. The lowest BCUT2D eigenvalue weighted by atomic mass is 9.87. The van der Waals surface area contributed by atoms with Crippen LogP contribution in [0.25, 0.3) is 0 Å². The minimum Gasteiger partial charge on any atom is -0.0654 e. The van der Waals surface area contributed by atoms with Crippen molar-refractivity contribution in [2.45, 2.75) is 53.4 Å². The standard InChI is InChI=1S/C11H22/c1-5-7-10-8-11(10,4)9(3)6-2/h9-10H,5-8H2,1-4H3. The first-order valence-electron chi connectivity index (χ1n) is 5.15. The van der Waals surface area contributed by atoms with Crippen molar-refractivity contribution in [3.63, 3.8) is 0 Å². The molecule has 3 unspecified atom stereocenters. The molecule has 0 aromatic heterocycles. The lowest BCUT2D eigenvalue weighted by molar-refractivity contribution is 0.315. The molecule has 1 rings (SSSR count). The molecular weight excluding hydrogens is 132 g/mol. The number of rotatable bonds is 4. The van der Waals surface area contributed by atoms with E-state index in [4.69, 9.17) is 0 Å². The minimum atomic E-state index is 0.727. The molecule has 1 aliphatic carbocycles. The first kappa shape index (κ1) is 9.09. The van der Waals surface area contributed by atoms with Crippen molar-refractivity contribution < 1.29 is 0 Å². The molecule has 0 nitrogen and oxygen atoms in total. The second kappa shape index (κ2) is 3.16. The van der Waals surface area contributed by atoms with E-state index in [1.54, 1.807) is 0 Å². The summed E-state index contributed by atoms with van der Waals surface area (Å²) in [4.78, 5) is 0. The van der Waals surface area contributed by atoms with Gasteiger partial charge in [-0.15, -0.1) is 0 Å². The van der Waals surface area contributed by atoms with E-state index in [9.17, 15) is 0 Å². The van der Waals surface area contributed by atoms with Gasteiger partial charge in [-0.1, -0.05) is 47.0 Å². The highest BCUT2D eigenvalue weighted by Gasteiger charge is 2.51. The molecule has 0 N–H and O–H groups in total. The van der Waals surface area contributed by atoms with E-state index in [2.05, 4.69) is 27.7 Å². The van der Waals surface area contributed by atoms with Crippen LogP contribution in [-0.4, -0.2) is 0 Å². The highest BCUT2D eigenvalue weighted by Crippen LogP contribution is 2.60. The van der Waals surface area contributed by atoms with Crippen LogP contribution in [0.1, 0.15) is 53.4 Å². The van der Waals surface area contributed by atoms with Gasteiger partial charge in [0.25, 0.3) is 0 Å². The molecule has 1 aliphatic rings. The highest BCUT2D eigenvalue weighted by atomic mass is 14.6. The maximum absolute atomic E-state index is 2.47. The van der Waals surface area contributed by atoms with Crippen molar-refractivity contribution in [3.8, 4) is 0 Å². The zero-order valence-corrected chi connectivity index (χ0v) is 8.48. The van der Waals surface area contributed by atoms with Crippen LogP contribution in [-0.2, 0) is 0 Å². The number of hydrogen-bond donors (Lipinski definition) is 0. The summed E-state index contributed by atoms with van der Waals surface area (Å²) in [6.45, 7) is 9.50. The first-order chi connectivity index (χ1) is 5.15. The molecule has 1 fully saturated rings. The highest BCUT2D eigenvalue weighted by molar-refractivity contribution is 5.00. The fraction of sp³-hybridized carbons (Fsp3) is 1.00. The van der Waals surface area contributed by atoms with Gasteiger partial charge in [0.2, 0.25) is 0 Å². The van der Waals surface area contributed by atoms with Crippen LogP contribution in [0.3, 0.4) is 0 Å². The van der Waals surface area contributed by atoms with Crippen molar-refractivity contribution >= 4 is 0 Å². The Bertz CT molecular complexity index is 128. The average molecular weight is 154 g/mol. The van der Waals surface area contributed by atoms with E-state index in [1.807, 2.05) is 0 Å². The Labute approximate surface area is 71.4 Å². The molecule has 1 saturated carbocycles. The van der Waals surface area contributed by atoms with Crippen LogP contribution < -0.4 is 0 Å². The van der Waals surface area contributed by atoms with Gasteiger partial charge in [-0.3, -0.25) is 0 Å². The fourth-order valence-electron chi connectivity index (χ4n) is 2.32. The van der Waals surface area contributed by atoms with Crippen LogP contribution >= 0.6 is 0 Å². The molecule has 0 aliphatic heterocycles. The molecule has 0 aromatic rings. The number of hydrogen-bond acceptors (Lipinski definition) is 0. The van der Waals surface area contributed by atoms with Gasteiger partial charge in [0.05, 0.1) is 0 Å². The molecule has 0 saturated heterocycles. The zero-order chi connectivity index (χ0) is 8.48. The van der Waals surface area contributed by atoms with E-state index >= 15 is 0 Å². The normalized spacial score (nSPS) is 38.7. The predicted molar refractivity (Wildman–Crippen MR) is 50.6 cm³/mol. The third kappa shape index (κ3) is 1.60. The third-order valence-corrected chi connectivity index (χ3v) is 3.83. The van der Waals surface area contributed by atoms with E-state index in [-0.39, 0.29) is 0 Å². The maximum Gasteiger partial charge on any atom is -0.0269 e. The largest absolute Gasteiger partial charge is 0.0654 e. The summed E-state index contributed by atoms with van der Waals surface area (Å²) in [5, 5.41) is 0. The zero-order valence-electron chi connectivity index (χ0n) is 8.48. The van der Waals surface area contributed by atoms with E-state index < -0.39 is 0 Å². The van der Waals surface area contributed by atoms with Gasteiger partial charge in [-0.05, 0) is 23.7 Å². The Morgan fingerprint density at radius 2 is 2.09 bits per heavy atom. The van der Waals surface area contributed by atoms with Gasteiger partial charge in [0.15, 0.2) is 0 Å². The van der Waals surface area contributed by atoms with Crippen LogP contribution in [0.15, 0.2) is 0 Å². The minimum absolute atomic E-state index is 0.727. The lowest BCUT2D eigenvalue weighted by Crippen LogP contribution is -2.10. The van der Waals surface area contributed by atoms with Crippen LogP contribution in [0.4, 0.5) is 0 Å². The summed E-state index contributed by atoms with van der Waals surface area (Å²) in [5.74, 6) is 2.00. The topological polar surface area (TPSA) is 0 Å². The van der Waals surface area contributed by atoms with Crippen molar-refractivity contribution in [1.29, 1.82) is 0 Å². The second-order valence-corrected chi connectivity index (χ2v) is 4.50. The van der Waals surface area contributed by atoms with Crippen molar-refractivity contribution in [3.05, 3.63) is 0 Å². The van der Waals surface area contributed by atoms with Gasteiger partial charge in [-0.2, -0.15) is 0 Å². The van der Waals surface area contributed by atoms with E-state index in [0.29, 0.717) is 0 Å². The predicted octanol–water partition coefficient (Wildman–Crippen LogP) is 3.86. The van der Waals surface area contributed by atoms with Crippen LogP contribution in [0.5, 0.6) is 0 Å². The molecule has 0 heterocycles. The van der Waals surface area contributed by atoms with Gasteiger partial charge in [0.1, 0.15) is 0 Å². The second-order valence-electron chi connectivity index (χ2n) is 4.50. The summed E-state index contributed by atoms with van der Waals surface area (Å²) >= 11 is 0. The molecule has 0 bridgehead atoms. The van der Waals surface area contributed by atoms with Crippen LogP contribution in [0.2, 0.25) is 0 Å². The fourth-order valence-corrected chi connectivity index (χ4v) is 2.32. The Morgan fingerprint density at radius 1 is 1.45 bits per heavy atom. The summed E-state index contributed by atoms with van der Waals surface area (Å²) in [6.07, 6.45) is 5.68. The molecule has 11 heavy (non-hydrogen) atoms. The average Bonchev–Trinajstić information content (AvgIpc) is 2.63. The molecule has 0 spiro atoms. The Kier molecular flexibility index (Phi) is 2.61. The molecule has 0 amide bonds. The summed E-state index contributed by atoms with van der Waals surface area (Å²) in [6, 6.07) is 0. The van der Waals surface area contributed by atoms with Gasteiger partial charge >= 0.3 is 0 Å². The van der Waals surface area contributed by atoms with Gasteiger partial charge in [0, 0.05) is 0 Å². The van der Waals surface area contributed by atoms with E-state index in [0.717, 1.165) is 17.3 Å². The summed E-state index contributed by atoms with van der Waals surface area (Å²) in [7, 11) is 0. The molecule has 0 radical (unpaired) electrons. The lowest BCUT2D eigenvalue weighted by Gasteiger charge is -2.18. The third-order valence-electron chi connectivity index (χ3n) is 3.83. The summed E-state index contributed by atoms with van der Waals surface area (Å²) in [5.41, 5.74) is 0.727. The first-order valence-corrected chi connectivity index (χ1v) is 5.15. The Morgan fingerprint density at radius 3 is 2.55 bits per heavy atom. The quantitative estimate of drug-likeness (QED) is 0.577. The van der Waals surface area contributed by atoms with E-state index in [1.165, 1.54) is 25.7 Å². The van der Waals surface area contributed by atoms with Crippen molar-refractivity contribution in [2.24, 2.45) is 17.3 Å². The van der Waals surface area contributed by atoms with Gasteiger partial charge in [-0.25, -0.2) is 0 Å². The Balaban J connectivity index is 2.35. The molecule has 66 valence electrons.